The van der Waals surface area contributed by atoms with Crippen LogP contribution in [0.3, 0.4) is 0 Å². The van der Waals surface area contributed by atoms with Gasteiger partial charge in [-0.25, -0.2) is 14.4 Å². The average Bonchev–Trinajstić information content (AvgIpc) is 3.24. The first kappa shape index (κ1) is 19.7. The van der Waals surface area contributed by atoms with Gasteiger partial charge in [-0.2, -0.15) is 0 Å². The first-order chi connectivity index (χ1) is 15.1. The topological polar surface area (TPSA) is 63.1 Å². The molecule has 0 radical (unpaired) electrons. The third kappa shape index (κ3) is 4.31. The van der Waals surface area contributed by atoms with Crippen LogP contribution in [0.15, 0.2) is 42.9 Å². The lowest BCUT2D eigenvalue weighted by Crippen LogP contribution is -2.20. The Kier molecular flexibility index (Phi) is 5.18. The molecule has 0 bridgehead atoms. The van der Waals surface area contributed by atoms with Crippen molar-refractivity contribution in [3.05, 3.63) is 59.9 Å². The fraction of sp³-hybridized carbons (Fsp3) is 0.375. The van der Waals surface area contributed by atoms with E-state index in [-0.39, 0.29) is 11.6 Å². The number of carbonyl (C=O) groups excluding carboxylic acids is 1. The quantitative estimate of drug-likeness (QED) is 0.631. The van der Waals surface area contributed by atoms with E-state index in [0.717, 1.165) is 42.3 Å². The summed E-state index contributed by atoms with van der Waals surface area (Å²) in [5.41, 5.74) is 3.28. The number of amides is 1. The van der Waals surface area contributed by atoms with Crippen molar-refractivity contribution in [3.8, 4) is 11.1 Å². The molecule has 3 aromatic rings. The van der Waals surface area contributed by atoms with Crippen LogP contribution in [0.1, 0.15) is 41.7 Å². The van der Waals surface area contributed by atoms with Gasteiger partial charge in [-0.3, -0.25) is 4.79 Å². The molecule has 0 atom stereocenters. The van der Waals surface area contributed by atoms with Crippen molar-refractivity contribution in [1.82, 2.24) is 14.5 Å². The molecule has 7 heteroatoms. The fourth-order valence-electron chi connectivity index (χ4n) is 4.05. The molecule has 0 unspecified atom stereocenters. The minimum Gasteiger partial charge on any atom is -0.343 e. The number of halogens is 1. The van der Waals surface area contributed by atoms with Gasteiger partial charge in [0.15, 0.2) is 0 Å². The first-order valence-electron chi connectivity index (χ1n) is 10.9. The zero-order chi connectivity index (χ0) is 21.4. The molecule has 2 aromatic heterocycles. The summed E-state index contributed by atoms with van der Waals surface area (Å²) >= 11 is 0. The minimum atomic E-state index is -0.431. The molecule has 160 valence electrons. The number of benzene rings is 1. The van der Waals surface area contributed by atoms with Crippen molar-refractivity contribution in [2.45, 2.75) is 39.2 Å². The Hall–Kier alpha value is -3.22. The van der Waals surface area contributed by atoms with Gasteiger partial charge in [0, 0.05) is 49.4 Å². The molecule has 1 saturated carbocycles. The van der Waals surface area contributed by atoms with Gasteiger partial charge in [-0.15, -0.1) is 0 Å². The van der Waals surface area contributed by atoms with Crippen LogP contribution in [-0.4, -0.2) is 33.5 Å². The molecular formula is C24H26FN5O. The maximum absolute atomic E-state index is 14.2. The highest BCUT2D eigenvalue weighted by Gasteiger charge is 2.25. The van der Waals surface area contributed by atoms with E-state index in [1.807, 2.05) is 36.1 Å². The van der Waals surface area contributed by atoms with Gasteiger partial charge < -0.3 is 14.8 Å². The number of nitrogens with one attached hydrogen (secondary N) is 1. The van der Waals surface area contributed by atoms with E-state index < -0.39 is 5.82 Å². The second-order valence-corrected chi connectivity index (χ2v) is 8.61. The van der Waals surface area contributed by atoms with Crippen LogP contribution in [0.2, 0.25) is 0 Å². The summed E-state index contributed by atoms with van der Waals surface area (Å²) in [6.07, 6.45) is 10.3. The van der Waals surface area contributed by atoms with Crippen LogP contribution in [0, 0.1) is 18.7 Å². The van der Waals surface area contributed by atoms with E-state index in [9.17, 15) is 9.18 Å². The van der Waals surface area contributed by atoms with Crippen LogP contribution < -0.4 is 10.2 Å². The SMILES string of the molecule is Cc1ccc(NC(=O)c2cc(-c3cnc(N4CCCC4)nc3)cn2CC2CC2)c(F)c1. The normalized spacial score (nSPS) is 16.0. The highest BCUT2D eigenvalue weighted by atomic mass is 19.1. The van der Waals surface area contributed by atoms with Gasteiger partial charge in [0.05, 0.1) is 5.69 Å². The van der Waals surface area contributed by atoms with Crippen LogP contribution in [0.4, 0.5) is 16.0 Å². The second-order valence-electron chi connectivity index (χ2n) is 8.61. The number of hydrogen-bond donors (Lipinski definition) is 1. The lowest BCUT2D eigenvalue weighted by atomic mass is 10.2. The van der Waals surface area contributed by atoms with Crippen LogP contribution in [0.5, 0.6) is 0 Å². The van der Waals surface area contributed by atoms with E-state index in [1.54, 1.807) is 12.1 Å². The minimum absolute atomic E-state index is 0.189. The largest absolute Gasteiger partial charge is 0.343 e. The molecule has 6 nitrogen and oxygen atoms in total. The Labute approximate surface area is 181 Å². The summed E-state index contributed by atoms with van der Waals surface area (Å²) in [6.45, 7) is 4.60. The highest BCUT2D eigenvalue weighted by Crippen LogP contribution is 2.33. The standard InChI is InChI=1S/C24H26FN5O/c1-16-4-7-21(20(25)10-16)28-23(31)22-11-18(15-30(22)14-17-5-6-17)19-12-26-24(27-13-19)29-8-2-3-9-29/h4,7,10-13,15,17H,2-3,5-6,8-9,14H2,1H3,(H,28,31). The van der Waals surface area contributed by atoms with E-state index >= 15 is 0 Å². The number of rotatable bonds is 6. The molecule has 1 saturated heterocycles. The van der Waals surface area contributed by atoms with Crippen LogP contribution >= 0.6 is 0 Å². The van der Waals surface area contributed by atoms with Gasteiger partial charge >= 0.3 is 0 Å². The summed E-state index contributed by atoms with van der Waals surface area (Å²) in [5.74, 6) is 0.604. The Morgan fingerprint density at radius 1 is 1.13 bits per heavy atom. The molecule has 31 heavy (non-hydrogen) atoms. The van der Waals surface area contributed by atoms with Crippen molar-refractivity contribution >= 4 is 17.5 Å². The van der Waals surface area contributed by atoms with E-state index in [4.69, 9.17) is 0 Å². The van der Waals surface area contributed by atoms with E-state index in [2.05, 4.69) is 20.2 Å². The van der Waals surface area contributed by atoms with Crippen molar-refractivity contribution < 1.29 is 9.18 Å². The summed E-state index contributed by atoms with van der Waals surface area (Å²) in [7, 11) is 0. The van der Waals surface area contributed by atoms with Gasteiger partial charge in [0.2, 0.25) is 5.95 Å². The van der Waals surface area contributed by atoms with Gasteiger partial charge in [0.25, 0.3) is 5.91 Å². The monoisotopic (exact) mass is 419 g/mol. The number of anilines is 2. The molecule has 1 amide bonds. The molecule has 5 rings (SSSR count). The predicted octanol–water partition coefficient (Wildman–Crippen LogP) is 4.66. The summed E-state index contributed by atoms with van der Waals surface area (Å²) in [4.78, 5) is 24.3. The molecular weight excluding hydrogens is 393 g/mol. The summed E-state index contributed by atoms with van der Waals surface area (Å²) < 4.78 is 16.2. The average molecular weight is 420 g/mol. The number of carbonyl (C=O) groups is 1. The van der Waals surface area contributed by atoms with Crippen molar-refractivity contribution in [2.24, 2.45) is 5.92 Å². The molecule has 2 aliphatic rings. The number of aromatic nitrogens is 3. The van der Waals surface area contributed by atoms with Gasteiger partial charge in [-0.1, -0.05) is 6.07 Å². The lowest BCUT2D eigenvalue weighted by molar-refractivity contribution is 0.101. The van der Waals surface area contributed by atoms with Crippen molar-refractivity contribution in [1.29, 1.82) is 0 Å². The van der Waals surface area contributed by atoms with E-state index in [0.29, 0.717) is 11.6 Å². The molecule has 2 fully saturated rings. The molecule has 0 spiro atoms. The molecule has 3 heterocycles. The molecule has 1 aliphatic carbocycles. The third-order valence-corrected chi connectivity index (χ3v) is 6.01. The lowest BCUT2D eigenvalue weighted by Gasteiger charge is -2.14. The fourth-order valence-corrected chi connectivity index (χ4v) is 4.05. The van der Waals surface area contributed by atoms with E-state index in [1.165, 1.54) is 31.7 Å². The van der Waals surface area contributed by atoms with Crippen molar-refractivity contribution in [3.63, 3.8) is 0 Å². The predicted molar refractivity (Wildman–Crippen MR) is 119 cm³/mol. The molecule has 1 aliphatic heterocycles. The number of nitrogens with zero attached hydrogens (tertiary/aromatic N) is 4. The summed E-state index contributed by atoms with van der Waals surface area (Å²) in [6, 6.07) is 6.65. The Morgan fingerprint density at radius 3 is 2.55 bits per heavy atom. The second kappa shape index (κ2) is 8.13. The maximum atomic E-state index is 14.2. The Bertz CT molecular complexity index is 1100. The smallest absolute Gasteiger partial charge is 0.272 e. The zero-order valence-corrected chi connectivity index (χ0v) is 17.6. The zero-order valence-electron chi connectivity index (χ0n) is 17.6. The molecule has 1 N–H and O–H groups in total. The van der Waals surface area contributed by atoms with Gasteiger partial charge in [0.1, 0.15) is 11.5 Å². The first-order valence-corrected chi connectivity index (χ1v) is 10.9. The number of aryl methyl sites for hydroxylation is 1. The third-order valence-electron chi connectivity index (χ3n) is 6.01. The Balaban J connectivity index is 1.41. The van der Waals surface area contributed by atoms with Crippen LogP contribution in [0.25, 0.3) is 11.1 Å². The Morgan fingerprint density at radius 2 is 1.87 bits per heavy atom. The molecule has 1 aromatic carbocycles. The summed E-state index contributed by atoms with van der Waals surface area (Å²) in [5, 5.41) is 2.73. The van der Waals surface area contributed by atoms with Gasteiger partial charge in [-0.05, 0) is 62.3 Å². The number of hydrogen-bond acceptors (Lipinski definition) is 4. The van der Waals surface area contributed by atoms with Crippen molar-refractivity contribution in [2.75, 3.05) is 23.3 Å². The maximum Gasteiger partial charge on any atom is 0.272 e. The highest BCUT2D eigenvalue weighted by molar-refractivity contribution is 6.04. The van der Waals surface area contributed by atoms with Crippen LogP contribution in [-0.2, 0) is 6.54 Å².